The highest BCUT2D eigenvalue weighted by atomic mass is 35.5. The van der Waals surface area contributed by atoms with E-state index in [1.807, 2.05) is 13.8 Å². The van der Waals surface area contributed by atoms with E-state index in [4.69, 9.17) is 16.3 Å². The summed E-state index contributed by atoms with van der Waals surface area (Å²) in [5.41, 5.74) is -0.785. The van der Waals surface area contributed by atoms with Gasteiger partial charge < -0.3 is 9.84 Å². The van der Waals surface area contributed by atoms with Crippen molar-refractivity contribution in [3.8, 4) is 0 Å². The van der Waals surface area contributed by atoms with Crippen molar-refractivity contribution in [2.75, 3.05) is 6.61 Å². The number of benzene rings is 1. The molecular weight excluding hydrogens is 267 g/mol. The number of hydrogen-bond acceptors (Lipinski definition) is 2. The van der Waals surface area contributed by atoms with Gasteiger partial charge in [-0.1, -0.05) is 30.7 Å². The van der Waals surface area contributed by atoms with Crippen LogP contribution in [0.2, 0.25) is 5.02 Å². The standard InChI is InChI=1S/C15H20ClFO2/c1-3-14(2)10-15(18,7-8-19-14)9-11-5-4-6-12(16)13(11)17/h4-6,18H,3,7-10H2,1-2H3. The van der Waals surface area contributed by atoms with Crippen LogP contribution >= 0.6 is 11.6 Å². The zero-order valence-corrected chi connectivity index (χ0v) is 12.1. The van der Waals surface area contributed by atoms with Crippen molar-refractivity contribution in [3.05, 3.63) is 34.6 Å². The molecule has 2 atom stereocenters. The fourth-order valence-electron chi connectivity index (χ4n) is 2.74. The predicted molar refractivity (Wildman–Crippen MR) is 73.9 cm³/mol. The van der Waals surface area contributed by atoms with Gasteiger partial charge in [-0.05, 0) is 31.4 Å². The number of hydrogen-bond donors (Lipinski definition) is 1. The molecule has 2 rings (SSSR count). The molecule has 1 heterocycles. The number of ether oxygens (including phenoxy) is 1. The second kappa shape index (κ2) is 5.39. The average Bonchev–Trinajstić information content (AvgIpc) is 2.35. The minimum absolute atomic E-state index is 0.103. The lowest BCUT2D eigenvalue weighted by Crippen LogP contribution is -2.48. The quantitative estimate of drug-likeness (QED) is 0.917. The van der Waals surface area contributed by atoms with Gasteiger partial charge in [0, 0.05) is 12.8 Å². The Morgan fingerprint density at radius 3 is 2.89 bits per heavy atom. The predicted octanol–water partition coefficient (Wildman–Crippen LogP) is 3.73. The Labute approximate surface area is 118 Å². The van der Waals surface area contributed by atoms with Crippen molar-refractivity contribution in [2.45, 2.75) is 50.7 Å². The second-order valence-corrected chi connectivity index (χ2v) is 6.10. The van der Waals surface area contributed by atoms with Gasteiger partial charge >= 0.3 is 0 Å². The molecule has 19 heavy (non-hydrogen) atoms. The summed E-state index contributed by atoms with van der Waals surface area (Å²) >= 11 is 5.78. The summed E-state index contributed by atoms with van der Waals surface area (Å²) in [4.78, 5) is 0. The van der Waals surface area contributed by atoms with Crippen molar-refractivity contribution in [2.24, 2.45) is 0 Å². The highest BCUT2D eigenvalue weighted by Crippen LogP contribution is 2.37. The van der Waals surface area contributed by atoms with Crippen molar-refractivity contribution < 1.29 is 14.2 Å². The maximum atomic E-state index is 13.9. The van der Waals surface area contributed by atoms with Crippen LogP contribution in [0.3, 0.4) is 0 Å². The van der Waals surface area contributed by atoms with Gasteiger partial charge in [-0.3, -0.25) is 0 Å². The lowest BCUT2D eigenvalue weighted by atomic mass is 9.78. The molecule has 0 aliphatic carbocycles. The molecule has 4 heteroatoms. The Morgan fingerprint density at radius 1 is 1.47 bits per heavy atom. The highest BCUT2D eigenvalue weighted by molar-refractivity contribution is 6.30. The van der Waals surface area contributed by atoms with Crippen molar-refractivity contribution >= 4 is 11.6 Å². The molecule has 106 valence electrons. The SMILES string of the molecule is CCC1(C)CC(O)(Cc2cccc(Cl)c2F)CCO1. The van der Waals surface area contributed by atoms with E-state index >= 15 is 0 Å². The smallest absolute Gasteiger partial charge is 0.145 e. The molecule has 0 radical (unpaired) electrons. The van der Waals surface area contributed by atoms with Gasteiger partial charge in [-0.2, -0.15) is 0 Å². The fourth-order valence-corrected chi connectivity index (χ4v) is 2.93. The van der Waals surface area contributed by atoms with Crippen LogP contribution in [0.25, 0.3) is 0 Å². The molecule has 1 aromatic rings. The van der Waals surface area contributed by atoms with Crippen LogP contribution in [0, 0.1) is 5.82 Å². The third-order valence-corrected chi connectivity index (χ3v) is 4.31. The number of aliphatic hydroxyl groups is 1. The summed E-state index contributed by atoms with van der Waals surface area (Å²) in [6.45, 7) is 4.53. The largest absolute Gasteiger partial charge is 0.389 e. The zero-order valence-electron chi connectivity index (χ0n) is 11.4. The Kier molecular flexibility index (Phi) is 4.19. The van der Waals surface area contributed by atoms with E-state index in [1.54, 1.807) is 12.1 Å². The van der Waals surface area contributed by atoms with Crippen molar-refractivity contribution in [3.63, 3.8) is 0 Å². The highest BCUT2D eigenvalue weighted by Gasteiger charge is 2.41. The average molecular weight is 287 g/mol. The van der Waals surface area contributed by atoms with E-state index < -0.39 is 11.4 Å². The third-order valence-electron chi connectivity index (χ3n) is 4.02. The van der Waals surface area contributed by atoms with Gasteiger partial charge in [0.2, 0.25) is 0 Å². The van der Waals surface area contributed by atoms with Gasteiger partial charge in [0.1, 0.15) is 5.82 Å². The Balaban J connectivity index is 2.19. The van der Waals surface area contributed by atoms with E-state index in [-0.39, 0.29) is 17.0 Å². The first-order valence-electron chi connectivity index (χ1n) is 6.67. The molecule has 1 N–H and O–H groups in total. The molecule has 1 aliphatic rings. The van der Waals surface area contributed by atoms with Crippen molar-refractivity contribution in [1.82, 2.24) is 0 Å². The fraction of sp³-hybridized carbons (Fsp3) is 0.600. The number of halogens is 2. The van der Waals surface area contributed by atoms with Crippen LogP contribution in [0.4, 0.5) is 4.39 Å². The Hall–Kier alpha value is -0.640. The van der Waals surface area contributed by atoms with Gasteiger partial charge in [0.15, 0.2) is 0 Å². The zero-order chi connectivity index (χ0) is 14.1. The third kappa shape index (κ3) is 3.28. The monoisotopic (exact) mass is 286 g/mol. The molecule has 0 bridgehead atoms. The molecule has 1 saturated heterocycles. The maximum Gasteiger partial charge on any atom is 0.145 e. The molecule has 1 fully saturated rings. The molecule has 2 unspecified atom stereocenters. The Bertz CT molecular complexity index is 465. The first-order valence-corrected chi connectivity index (χ1v) is 7.04. The first kappa shape index (κ1) is 14.8. The lowest BCUT2D eigenvalue weighted by molar-refractivity contribution is -0.153. The molecule has 1 aliphatic heterocycles. The van der Waals surface area contributed by atoms with Gasteiger partial charge in [-0.15, -0.1) is 0 Å². The van der Waals surface area contributed by atoms with Crippen LogP contribution in [-0.4, -0.2) is 22.9 Å². The van der Waals surface area contributed by atoms with E-state index in [0.29, 0.717) is 25.0 Å². The molecule has 1 aromatic carbocycles. The molecule has 0 amide bonds. The molecule has 2 nitrogen and oxygen atoms in total. The van der Waals surface area contributed by atoms with Crippen LogP contribution < -0.4 is 0 Å². The first-order chi connectivity index (χ1) is 8.87. The summed E-state index contributed by atoms with van der Waals surface area (Å²) in [5, 5.41) is 10.8. The summed E-state index contributed by atoms with van der Waals surface area (Å²) in [7, 11) is 0. The van der Waals surface area contributed by atoms with Gasteiger partial charge in [-0.25, -0.2) is 4.39 Å². The summed E-state index contributed by atoms with van der Waals surface area (Å²) in [6, 6.07) is 4.91. The molecule has 0 saturated carbocycles. The van der Waals surface area contributed by atoms with Crippen LogP contribution in [0.15, 0.2) is 18.2 Å². The summed E-state index contributed by atoms with van der Waals surface area (Å²) in [6.07, 6.45) is 2.14. The molecule has 0 spiro atoms. The normalized spacial score (nSPS) is 31.4. The van der Waals surface area contributed by atoms with E-state index in [9.17, 15) is 9.50 Å². The lowest BCUT2D eigenvalue weighted by Gasteiger charge is -2.43. The maximum absolute atomic E-state index is 13.9. The van der Waals surface area contributed by atoms with E-state index in [2.05, 4.69) is 0 Å². The number of rotatable bonds is 3. The van der Waals surface area contributed by atoms with Gasteiger partial charge in [0.25, 0.3) is 0 Å². The summed E-state index contributed by atoms with van der Waals surface area (Å²) < 4.78 is 19.6. The van der Waals surface area contributed by atoms with E-state index in [0.717, 1.165) is 6.42 Å². The molecular formula is C15H20ClFO2. The second-order valence-electron chi connectivity index (χ2n) is 5.69. The minimum Gasteiger partial charge on any atom is -0.389 e. The summed E-state index contributed by atoms with van der Waals surface area (Å²) in [5.74, 6) is -0.428. The van der Waals surface area contributed by atoms with Gasteiger partial charge in [0.05, 0.1) is 22.8 Å². The minimum atomic E-state index is -0.922. The Morgan fingerprint density at radius 2 is 2.21 bits per heavy atom. The topological polar surface area (TPSA) is 29.5 Å². The van der Waals surface area contributed by atoms with E-state index in [1.165, 1.54) is 6.07 Å². The van der Waals surface area contributed by atoms with Crippen LogP contribution in [0.1, 0.15) is 38.7 Å². The van der Waals surface area contributed by atoms with Crippen LogP contribution in [-0.2, 0) is 11.2 Å². The van der Waals surface area contributed by atoms with Crippen molar-refractivity contribution in [1.29, 1.82) is 0 Å². The molecule has 0 aromatic heterocycles. The van der Waals surface area contributed by atoms with Crippen LogP contribution in [0.5, 0.6) is 0 Å².